The normalized spacial score (nSPS) is 10.1. The van der Waals surface area contributed by atoms with Gasteiger partial charge in [0.1, 0.15) is 5.75 Å². The van der Waals surface area contributed by atoms with Gasteiger partial charge in [-0.2, -0.15) is 0 Å². The Morgan fingerprint density at radius 2 is 1.95 bits per heavy atom. The molecule has 2 aromatic rings. The number of nitrogens with two attached hydrogens (primary N) is 2. The van der Waals surface area contributed by atoms with Crippen molar-refractivity contribution in [1.82, 2.24) is 0 Å². The van der Waals surface area contributed by atoms with E-state index in [1.807, 2.05) is 31.2 Å². The summed E-state index contributed by atoms with van der Waals surface area (Å²) in [5.74, 6) is 0.227. The van der Waals surface area contributed by atoms with E-state index in [4.69, 9.17) is 16.2 Å². The molecule has 0 fully saturated rings. The Morgan fingerprint density at radius 1 is 1.20 bits per heavy atom. The first-order valence-electron chi connectivity index (χ1n) is 6.30. The minimum Gasteiger partial charge on any atom is -0.492 e. The molecule has 0 aliphatic carbocycles. The number of carbonyl (C=O) groups is 1. The molecule has 0 unspecified atom stereocenters. The van der Waals surface area contributed by atoms with Gasteiger partial charge in [-0.15, -0.1) is 0 Å². The van der Waals surface area contributed by atoms with Crippen molar-refractivity contribution < 1.29 is 9.53 Å². The van der Waals surface area contributed by atoms with Gasteiger partial charge in [0.25, 0.3) is 0 Å². The van der Waals surface area contributed by atoms with Gasteiger partial charge in [0, 0.05) is 5.56 Å². The fourth-order valence-corrected chi connectivity index (χ4v) is 1.81. The van der Waals surface area contributed by atoms with Gasteiger partial charge in [0.05, 0.1) is 23.7 Å². The Kier molecular flexibility index (Phi) is 4.10. The van der Waals surface area contributed by atoms with Crippen molar-refractivity contribution in [2.75, 3.05) is 17.7 Å². The molecule has 20 heavy (non-hydrogen) atoms. The minimum atomic E-state index is -0.494. The molecule has 0 aromatic heterocycles. The lowest BCUT2D eigenvalue weighted by molar-refractivity contribution is 0.100. The third-order valence-corrected chi connectivity index (χ3v) is 2.79. The van der Waals surface area contributed by atoms with Crippen LogP contribution in [0.3, 0.4) is 0 Å². The molecule has 5 N–H and O–H groups in total. The zero-order valence-electron chi connectivity index (χ0n) is 11.2. The number of primary amides is 1. The largest absolute Gasteiger partial charge is 0.492 e. The molecule has 0 radical (unpaired) electrons. The first kappa shape index (κ1) is 13.7. The summed E-state index contributed by atoms with van der Waals surface area (Å²) in [7, 11) is 0. The maximum Gasteiger partial charge on any atom is 0.248 e. The van der Waals surface area contributed by atoms with E-state index >= 15 is 0 Å². The van der Waals surface area contributed by atoms with Crippen LogP contribution in [0.2, 0.25) is 0 Å². The van der Waals surface area contributed by atoms with Crippen molar-refractivity contribution in [2.24, 2.45) is 5.73 Å². The first-order chi connectivity index (χ1) is 9.61. The standard InChI is InChI=1S/C15H17N3O2/c1-2-20-14-6-4-3-5-12(14)18-13-9-10(15(17)19)7-8-11(13)16/h3-9,18H,2,16H2,1H3,(H2,17,19). The van der Waals surface area contributed by atoms with Crippen LogP contribution in [0.25, 0.3) is 0 Å². The number of carbonyl (C=O) groups excluding carboxylic acids is 1. The van der Waals surface area contributed by atoms with Crippen molar-refractivity contribution >= 4 is 23.0 Å². The number of amides is 1. The number of nitrogens with one attached hydrogen (secondary N) is 1. The van der Waals surface area contributed by atoms with E-state index in [1.165, 1.54) is 0 Å². The number of benzene rings is 2. The van der Waals surface area contributed by atoms with Crippen LogP contribution in [0.5, 0.6) is 5.75 Å². The van der Waals surface area contributed by atoms with Gasteiger partial charge < -0.3 is 21.5 Å². The van der Waals surface area contributed by atoms with Crippen LogP contribution >= 0.6 is 0 Å². The fourth-order valence-electron chi connectivity index (χ4n) is 1.81. The van der Waals surface area contributed by atoms with Crippen molar-refractivity contribution in [3.8, 4) is 5.75 Å². The molecule has 0 saturated heterocycles. The fraction of sp³-hybridized carbons (Fsp3) is 0.133. The Hall–Kier alpha value is -2.69. The SMILES string of the molecule is CCOc1ccccc1Nc1cc(C(N)=O)ccc1N. The summed E-state index contributed by atoms with van der Waals surface area (Å²) in [6.07, 6.45) is 0. The van der Waals surface area contributed by atoms with Crippen LogP contribution in [0.1, 0.15) is 17.3 Å². The van der Waals surface area contributed by atoms with Crippen molar-refractivity contribution in [2.45, 2.75) is 6.92 Å². The van der Waals surface area contributed by atoms with Gasteiger partial charge >= 0.3 is 0 Å². The Morgan fingerprint density at radius 3 is 2.65 bits per heavy atom. The van der Waals surface area contributed by atoms with Crippen LogP contribution < -0.4 is 21.5 Å². The summed E-state index contributed by atoms with van der Waals surface area (Å²) < 4.78 is 5.53. The second-order valence-corrected chi connectivity index (χ2v) is 4.22. The van der Waals surface area contributed by atoms with Gasteiger partial charge in [0.2, 0.25) is 5.91 Å². The smallest absolute Gasteiger partial charge is 0.248 e. The molecule has 1 amide bonds. The molecule has 0 aliphatic heterocycles. The predicted octanol–water partition coefficient (Wildman–Crippen LogP) is 2.51. The average Bonchev–Trinajstić information content (AvgIpc) is 2.43. The number of nitrogen functional groups attached to an aromatic ring is 1. The average molecular weight is 271 g/mol. The molecule has 104 valence electrons. The van der Waals surface area contributed by atoms with Gasteiger partial charge in [-0.05, 0) is 37.3 Å². The van der Waals surface area contributed by atoms with E-state index in [0.717, 1.165) is 11.4 Å². The van der Waals surface area contributed by atoms with Gasteiger partial charge in [-0.25, -0.2) is 0 Å². The van der Waals surface area contributed by atoms with Crippen LogP contribution in [0, 0.1) is 0 Å². The molecule has 0 saturated carbocycles. The number of rotatable bonds is 5. The number of ether oxygens (including phenoxy) is 1. The third kappa shape index (κ3) is 3.00. The molecule has 0 atom stereocenters. The van der Waals surface area contributed by atoms with E-state index in [-0.39, 0.29) is 0 Å². The first-order valence-corrected chi connectivity index (χ1v) is 6.30. The zero-order valence-corrected chi connectivity index (χ0v) is 11.2. The highest BCUT2D eigenvalue weighted by atomic mass is 16.5. The lowest BCUT2D eigenvalue weighted by Crippen LogP contribution is -2.11. The summed E-state index contributed by atoms with van der Waals surface area (Å²) in [5.41, 5.74) is 13.5. The van der Waals surface area contributed by atoms with E-state index < -0.39 is 5.91 Å². The molecule has 0 spiro atoms. The van der Waals surface area contributed by atoms with Crippen molar-refractivity contribution in [3.05, 3.63) is 48.0 Å². The van der Waals surface area contributed by atoms with Crippen LogP contribution in [-0.2, 0) is 0 Å². The highest BCUT2D eigenvalue weighted by molar-refractivity contribution is 5.95. The van der Waals surface area contributed by atoms with E-state index in [2.05, 4.69) is 5.32 Å². The number of anilines is 3. The monoisotopic (exact) mass is 271 g/mol. The topological polar surface area (TPSA) is 90.4 Å². The number of para-hydroxylation sites is 2. The van der Waals surface area contributed by atoms with Crippen molar-refractivity contribution in [3.63, 3.8) is 0 Å². The quantitative estimate of drug-likeness (QED) is 0.729. The Labute approximate surface area is 117 Å². The maximum absolute atomic E-state index is 11.2. The Bertz CT molecular complexity index is 626. The molecular formula is C15H17N3O2. The van der Waals surface area contributed by atoms with Gasteiger partial charge in [-0.1, -0.05) is 12.1 Å². The lowest BCUT2D eigenvalue weighted by atomic mass is 10.1. The predicted molar refractivity (Wildman–Crippen MR) is 80.3 cm³/mol. The number of hydrogen-bond acceptors (Lipinski definition) is 4. The highest BCUT2D eigenvalue weighted by Crippen LogP contribution is 2.30. The van der Waals surface area contributed by atoms with Gasteiger partial charge in [0.15, 0.2) is 0 Å². The minimum absolute atomic E-state index is 0.399. The second-order valence-electron chi connectivity index (χ2n) is 4.22. The van der Waals surface area contributed by atoms with Crippen molar-refractivity contribution in [1.29, 1.82) is 0 Å². The lowest BCUT2D eigenvalue weighted by Gasteiger charge is -2.14. The maximum atomic E-state index is 11.2. The summed E-state index contributed by atoms with van der Waals surface area (Å²) >= 11 is 0. The number of hydrogen-bond donors (Lipinski definition) is 3. The summed E-state index contributed by atoms with van der Waals surface area (Å²) in [5, 5.41) is 3.16. The molecule has 0 heterocycles. The van der Waals surface area contributed by atoms with Crippen LogP contribution in [-0.4, -0.2) is 12.5 Å². The van der Waals surface area contributed by atoms with Gasteiger partial charge in [-0.3, -0.25) is 4.79 Å². The molecular weight excluding hydrogens is 254 g/mol. The van der Waals surface area contributed by atoms with Crippen LogP contribution in [0.15, 0.2) is 42.5 Å². The summed E-state index contributed by atoms with van der Waals surface area (Å²) in [6.45, 7) is 2.48. The molecule has 5 heteroatoms. The molecule has 0 aliphatic rings. The van der Waals surface area contributed by atoms with E-state index in [1.54, 1.807) is 18.2 Å². The highest BCUT2D eigenvalue weighted by Gasteiger charge is 2.08. The molecule has 5 nitrogen and oxygen atoms in total. The summed E-state index contributed by atoms with van der Waals surface area (Å²) in [6, 6.07) is 12.4. The summed E-state index contributed by atoms with van der Waals surface area (Å²) in [4.78, 5) is 11.2. The molecule has 2 rings (SSSR count). The molecule has 0 bridgehead atoms. The Balaban J connectivity index is 2.34. The van der Waals surface area contributed by atoms with Crippen LogP contribution in [0.4, 0.5) is 17.1 Å². The third-order valence-electron chi connectivity index (χ3n) is 2.79. The molecule has 2 aromatic carbocycles. The van der Waals surface area contributed by atoms with E-state index in [0.29, 0.717) is 23.5 Å². The zero-order chi connectivity index (χ0) is 14.5. The van der Waals surface area contributed by atoms with E-state index in [9.17, 15) is 4.79 Å². The second kappa shape index (κ2) is 5.97.